The molecule has 5 heteroatoms. The quantitative estimate of drug-likeness (QED) is 0.936. The fourth-order valence-corrected chi connectivity index (χ4v) is 2.09. The molecule has 0 aliphatic carbocycles. The molecule has 94 valence electrons. The number of pyridine rings is 1. The normalized spacial score (nSPS) is 12.2. The molecular formula is C13H11BrClNO2. The Bertz CT molecular complexity index is 562. The third kappa shape index (κ3) is 2.83. The third-order valence-electron chi connectivity index (χ3n) is 2.55. The monoisotopic (exact) mass is 327 g/mol. The SMILES string of the molecule is COc1cncc(C(O)c2ccc(Cl)c(Br)c2)c1. The molecule has 3 nitrogen and oxygen atoms in total. The van der Waals surface area contributed by atoms with Gasteiger partial charge in [-0.05, 0) is 39.7 Å². The molecule has 0 fully saturated rings. The number of ether oxygens (including phenoxy) is 1. The van der Waals surface area contributed by atoms with Crippen molar-refractivity contribution < 1.29 is 9.84 Å². The smallest absolute Gasteiger partial charge is 0.137 e. The Morgan fingerprint density at radius 3 is 2.72 bits per heavy atom. The van der Waals surface area contributed by atoms with Crippen LogP contribution in [0, 0.1) is 0 Å². The van der Waals surface area contributed by atoms with Crippen molar-refractivity contribution in [3.63, 3.8) is 0 Å². The van der Waals surface area contributed by atoms with Gasteiger partial charge in [0.05, 0.1) is 18.3 Å². The summed E-state index contributed by atoms with van der Waals surface area (Å²) in [6, 6.07) is 7.04. The number of hydrogen-bond acceptors (Lipinski definition) is 3. The van der Waals surface area contributed by atoms with Crippen molar-refractivity contribution >= 4 is 27.5 Å². The molecule has 18 heavy (non-hydrogen) atoms. The van der Waals surface area contributed by atoms with Crippen molar-refractivity contribution in [1.82, 2.24) is 4.98 Å². The number of nitrogens with zero attached hydrogens (tertiary/aromatic N) is 1. The van der Waals surface area contributed by atoms with Crippen molar-refractivity contribution in [1.29, 1.82) is 0 Å². The van der Waals surface area contributed by atoms with Gasteiger partial charge in [0.25, 0.3) is 0 Å². The van der Waals surface area contributed by atoms with Gasteiger partial charge in [0.15, 0.2) is 0 Å². The van der Waals surface area contributed by atoms with Crippen LogP contribution in [-0.4, -0.2) is 17.2 Å². The van der Waals surface area contributed by atoms with Gasteiger partial charge in [0.2, 0.25) is 0 Å². The molecule has 0 spiro atoms. The van der Waals surface area contributed by atoms with Crippen LogP contribution in [-0.2, 0) is 0 Å². The number of aromatic nitrogens is 1. The number of aliphatic hydroxyl groups excluding tert-OH is 1. The molecule has 1 N–H and O–H groups in total. The lowest BCUT2D eigenvalue weighted by atomic mass is 10.0. The number of methoxy groups -OCH3 is 1. The number of rotatable bonds is 3. The number of hydrogen-bond donors (Lipinski definition) is 1. The molecule has 0 saturated heterocycles. The Morgan fingerprint density at radius 1 is 1.28 bits per heavy atom. The predicted molar refractivity (Wildman–Crippen MR) is 74.0 cm³/mol. The fourth-order valence-electron chi connectivity index (χ4n) is 1.57. The van der Waals surface area contributed by atoms with Crippen LogP contribution >= 0.6 is 27.5 Å². The molecule has 1 unspecified atom stereocenters. The van der Waals surface area contributed by atoms with E-state index in [1.807, 2.05) is 0 Å². The minimum absolute atomic E-state index is 0.606. The standard InChI is InChI=1S/C13H11BrClNO2/c1-18-10-4-9(6-16-7-10)13(17)8-2-3-12(15)11(14)5-8/h2-7,13,17H,1H3. The first kappa shape index (κ1) is 13.3. The van der Waals surface area contributed by atoms with Gasteiger partial charge in [-0.1, -0.05) is 17.7 Å². The summed E-state index contributed by atoms with van der Waals surface area (Å²) in [6.45, 7) is 0. The van der Waals surface area contributed by atoms with Crippen LogP contribution in [0.3, 0.4) is 0 Å². The highest BCUT2D eigenvalue weighted by Crippen LogP contribution is 2.29. The lowest BCUT2D eigenvalue weighted by Gasteiger charge is -2.12. The summed E-state index contributed by atoms with van der Waals surface area (Å²) in [7, 11) is 1.56. The average Bonchev–Trinajstić information content (AvgIpc) is 2.41. The van der Waals surface area contributed by atoms with E-state index in [4.69, 9.17) is 16.3 Å². The van der Waals surface area contributed by atoms with Gasteiger partial charge in [0, 0.05) is 16.2 Å². The fraction of sp³-hybridized carbons (Fsp3) is 0.154. The molecule has 1 aromatic heterocycles. The van der Waals surface area contributed by atoms with Crippen LogP contribution in [0.4, 0.5) is 0 Å². The molecule has 0 aliphatic heterocycles. The molecule has 0 bridgehead atoms. The van der Waals surface area contributed by atoms with Crippen LogP contribution in [0.15, 0.2) is 41.1 Å². The summed E-state index contributed by atoms with van der Waals surface area (Å²) in [6.07, 6.45) is 2.44. The van der Waals surface area contributed by atoms with Crippen LogP contribution in [0.5, 0.6) is 5.75 Å². The van der Waals surface area contributed by atoms with E-state index in [2.05, 4.69) is 20.9 Å². The maximum atomic E-state index is 10.3. The highest BCUT2D eigenvalue weighted by atomic mass is 79.9. The Labute approximate surface area is 119 Å². The van der Waals surface area contributed by atoms with Crippen molar-refractivity contribution in [3.8, 4) is 5.75 Å². The van der Waals surface area contributed by atoms with E-state index in [1.54, 1.807) is 43.8 Å². The summed E-state index contributed by atoms with van der Waals surface area (Å²) in [5.41, 5.74) is 1.41. The number of aliphatic hydroxyl groups is 1. The Balaban J connectivity index is 2.34. The van der Waals surface area contributed by atoms with Crippen LogP contribution in [0.25, 0.3) is 0 Å². The first-order valence-corrected chi connectivity index (χ1v) is 6.41. The highest BCUT2D eigenvalue weighted by molar-refractivity contribution is 9.10. The first-order chi connectivity index (χ1) is 8.61. The predicted octanol–water partition coefficient (Wildman–Crippen LogP) is 3.59. The molecule has 1 atom stereocenters. The zero-order valence-corrected chi connectivity index (χ0v) is 11.9. The molecular weight excluding hydrogens is 318 g/mol. The van der Waals surface area contributed by atoms with Crippen LogP contribution in [0.1, 0.15) is 17.2 Å². The molecule has 2 aromatic rings. The van der Waals surface area contributed by atoms with Gasteiger partial charge in [-0.3, -0.25) is 4.98 Å². The van der Waals surface area contributed by atoms with Gasteiger partial charge in [-0.2, -0.15) is 0 Å². The molecule has 2 rings (SSSR count). The minimum atomic E-state index is -0.763. The van der Waals surface area contributed by atoms with Crippen molar-refractivity contribution in [2.45, 2.75) is 6.10 Å². The summed E-state index contributed by atoms with van der Waals surface area (Å²) < 4.78 is 5.83. The lowest BCUT2D eigenvalue weighted by Crippen LogP contribution is -2.01. The number of halogens is 2. The molecule has 1 heterocycles. The maximum absolute atomic E-state index is 10.3. The summed E-state index contributed by atoms with van der Waals surface area (Å²) in [4.78, 5) is 4.02. The van der Waals surface area contributed by atoms with Gasteiger partial charge >= 0.3 is 0 Å². The van der Waals surface area contributed by atoms with Crippen molar-refractivity contribution in [3.05, 3.63) is 57.3 Å². The third-order valence-corrected chi connectivity index (χ3v) is 3.76. The second-order valence-corrected chi connectivity index (χ2v) is 5.00. The lowest BCUT2D eigenvalue weighted by molar-refractivity contribution is 0.219. The molecule has 1 aromatic carbocycles. The average molecular weight is 329 g/mol. The molecule has 0 saturated carbocycles. The summed E-state index contributed by atoms with van der Waals surface area (Å²) >= 11 is 9.25. The van der Waals surface area contributed by atoms with E-state index in [-0.39, 0.29) is 0 Å². The van der Waals surface area contributed by atoms with E-state index < -0.39 is 6.10 Å². The molecule has 0 amide bonds. The molecule has 0 radical (unpaired) electrons. The first-order valence-electron chi connectivity index (χ1n) is 5.24. The van der Waals surface area contributed by atoms with E-state index in [9.17, 15) is 5.11 Å². The summed E-state index contributed by atoms with van der Waals surface area (Å²) in [5.74, 6) is 0.611. The second kappa shape index (κ2) is 5.69. The topological polar surface area (TPSA) is 42.4 Å². The zero-order chi connectivity index (χ0) is 13.1. The van der Waals surface area contributed by atoms with E-state index in [0.717, 1.165) is 10.0 Å². The van der Waals surface area contributed by atoms with Crippen molar-refractivity contribution in [2.24, 2.45) is 0 Å². The highest BCUT2D eigenvalue weighted by Gasteiger charge is 2.13. The Morgan fingerprint density at radius 2 is 2.06 bits per heavy atom. The van der Waals surface area contributed by atoms with Crippen LogP contribution < -0.4 is 4.74 Å². The number of benzene rings is 1. The maximum Gasteiger partial charge on any atom is 0.137 e. The molecule has 0 aliphatic rings. The van der Waals surface area contributed by atoms with Gasteiger partial charge < -0.3 is 9.84 Å². The van der Waals surface area contributed by atoms with Gasteiger partial charge in [-0.25, -0.2) is 0 Å². The van der Waals surface area contributed by atoms with E-state index >= 15 is 0 Å². The minimum Gasteiger partial charge on any atom is -0.495 e. The Kier molecular flexibility index (Phi) is 4.22. The largest absolute Gasteiger partial charge is 0.495 e. The van der Waals surface area contributed by atoms with E-state index in [0.29, 0.717) is 16.3 Å². The van der Waals surface area contributed by atoms with E-state index in [1.165, 1.54) is 0 Å². The summed E-state index contributed by atoms with van der Waals surface area (Å²) in [5, 5.41) is 10.9. The van der Waals surface area contributed by atoms with Crippen LogP contribution in [0.2, 0.25) is 5.02 Å². The second-order valence-electron chi connectivity index (χ2n) is 3.73. The Hall–Kier alpha value is -1.10. The zero-order valence-electron chi connectivity index (χ0n) is 9.60. The van der Waals surface area contributed by atoms with Gasteiger partial charge in [0.1, 0.15) is 11.9 Å². The van der Waals surface area contributed by atoms with Crippen molar-refractivity contribution in [2.75, 3.05) is 7.11 Å². The van der Waals surface area contributed by atoms with Gasteiger partial charge in [-0.15, -0.1) is 0 Å².